The molecule has 2 amide bonds. The third kappa shape index (κ3) is 8.17. The highest BCUT2D eigenvalue weighted by molar-refractivity contribution is 6.15. The highest BCUT2D eigenvalue weighted by Crippen LogP contribution is 2.37. The number of H-pyrrole nitrogens is 1. The molecule has 0 saturated carbocycles. The van der Waals surface area contributed by atoms with E-state index in [1.54, 1.807) is 92.7 Å². The number of alkyl halides is 3. The van der Waals surface area contributed by atoms with Crippen molar-refractivity contribution < 1.29 is 41.8 Å². The van der Waals surface area contributed by atoms with Gasteiger partial charge in [-0.25, -0.2) is 0 Å². The maximum atomic E-state index is 13.9. The largest absolute Gasteiger partial charge is 0.494 e. The number of hydrogen-bond acceptors (Lipinski definition) is 6. The Morgan fingerprint density at radius 2 is 1.28 bits per heavy atom. The number of rotatable bonds is 14. The van der Waals surface area contributed by atoms with Gasteiger partial charge in [0.15, 0.2) is 16.9 Å². The summed E-state index contributed by atoms with van der Waals surface area (Å²) in [6.45, 7) is 3.49. The van der Waals surface area contributed by atoms with Crippen molar-refractivity contribution in [2.45, 2.75) is 31.9 Å². The van der Waals surface area contributed by atoms with Crippen LogP contribution in [0.4, 0.5) is 13.2 Å². The Labute approximate surface area is 304 Å². The number of benzene rings is 4. The number of likely N-dealkylation sites (N-methyl/N-ethyl adjacent to an activating group) is 2. The predicted molar refractivity (Wildman–Crippen MR) is 193 cm³/mol. The normalized spacial score (nSPS) is 11.4. The van der Waals surface area contributed by atoms with Crippen LogP contribution in [0.1, 0.15) is 46.5 Å². The molecule has 5 rings (SSSR count). The Hall–Kier alpha value is -6.17. The number of methoxy groups -OCH3 is 1. The molecule has 53 heavy (non-hydrogen) atoms. The van der Waals surface area contributed by atoms with E-state index >= 15 is 0 Å². The van der Waals surface area contributed by atoms with Crippen molar-refractivity contribution in [3.63, 3.8) is 0 Å². The first-order chi connectivity index (χ1) is 25.4. The topological polar surface area (TPSA) is 127 Å². The molecule has 5 aromatic rings. The van der Waals surface area contributed by atoms with Crippen molar-refractivity contribution in [1.82, 2.24) is 15.6 Å². The van der Waals surface area contributed by atoms with Crippen LogP contribution in [0.25, 0.3) is 22.4 Å². The smallest absolute Gasteiger partial charge is 0.416 e. The molecule has 0 aliphatic rings. The second-order valence-electron chi connectivity index (χ2n) is 12.1. The highest BCUT2D eigenvalue weighted by Gasteiger charge is 2.48. The van der Waals surface area contributed by atoms with Crippen molar-refractivity contribution in [2.75, 3.05) is 26.8 Å². The van der Waals surface area contributed by atoms with E-state index in [1.807, 2.05) is 0 Å². The Kier molecular flexibility index (Phi) is 11.8. The van der Waals surface area contributed by atoms with E-state index in [0.29, 0.717) is 33.5 Å². The van der Waals surface area contributed by atoms with E-state index in [1.165, 1.54) is 25.4 Å². The molecule has 3 N–H and O–H groups in total. The van der Waals surface area contributed by atoms with Crippen LogP contribution in [-0.2, 0) is 37.1 Å². The number of amides is 2. The van der Waals surface area contributed by atoms with Crippen LogP contribution in [-0.4, -0.2) is 55.4 Å². The molecule has 0 spiro atoms. The maximum absolute atomic E-state index is 13.9. The van der Waals surface area contributed by atoms with Gasteiger partial charge in [0.2, 0.25) is 11.8 Å². The highest BCUT2D eigenvalue weighted by atomic mass is 19.4. The standard InChI is InChI=1S/C41H38F3N3O6/c1-4-45-38(50)40(39(51)46-5-2,29-11-7-6-8-12-29)25-53-34(48)23-26-15-17-28(18-16-26)35-37(52-3)33(24-47-35)36(49)32-14-10-9-13-31(32)27-19-21-30(22-20-27)41(42,43)44/h6-22,24,47H,4-5,23,25H2,1-3H3,(H,45,50)(H,46,51). The average Bonchev–Trinajstić information content (AvgIpc) is 3.60. The summed E-state index contributed by atoms with van der Waals surface area (Å²) in [5.74, 6) is -1.96. The summed E-state index contributed by atoms with van der Waals surface area (Å²) in [6, 6.07) is 26.6. The lowest BCUT2D eigenvalue weighted by molar-refractivity contribution is -0.150. The quantitative estimate of drug-likeness (QED) is 0.0650. The van der Waals surface area contributed by atoms with Gasteiger partial charge in [-0.05, 0) is 48.2 Å². The molecule has 0 unspecified atom stereocenters. The van der Waals surface area contributed by atoms with Gasteiger partial charge in [0.25, 0.3) is 0 Å². The first kappa shape index (κ1) is 38.1. The summed E-state index contributed by atoms with van der Waals surface area (Å²) in [5, 5.41) is 5.41. The SMILES string of the molecule is CCNC(=O)C(COC(=O)Cc1ccc(-c2[nH]cc(C(=O)c3ccccc3-c3ccc(C(F)(F)F)cc3)c2OC)cc1)(C(=O)NCC)c1ccccc1. The molecule has 1 heterocycles. The molecule has 0 saturated heterocycles. The summed E-state index contributed by atoms with van der Waals surface area (Å²) < 4.78 is 50.7. The molecule has 0 bridgehead atoms. The number of ketones is 1. The van der Waals surface area contributed by atoms with Gasteiger partial charge >= 0.3 is 12.1 Å². The summed E-state index contributed by atoms with van der Waals surface area (Å²) in [4.78, 5) is 56.9. The number of nitrogens with one attached hydrogen (secondary N) is 3. The van der Waals surface area contributed by atoms with Crippen LogP contribution in [0.2, 0.25) is 0 Å². The third-order valence-electron chi connectivity index (χ3n) is 8.73. The molecular formula is C41H38F3N3O6. The van der Waals surface area contributed by atoms with Crippen molar-refractivity contribution in [3.8, 4) is 28.1 Å². The molecule has 0 atom stereocenters. The number of aromatic amines is 1. The van der Waals surface area contributed by atoms with E-state index in [9.17, 15) is 32.3 Å². The van der Waals surface area contributed by atoms with Gasteiger partial charge in [-0.3, -0.25) is 19.2 Å². The number of carbonyl (C=O) groups excluding carboxylic acids is 4. The first-order valence-corrected chi connectivity index (χ1v) is 16.9. The minimum Gasteiger partial charge on any atom is -0.494 e. The number of esters is 1. The molecule has 12 heteroatoms. The molecule has 0 radical (unpaired) electrons. The Morgan fingerprint density at radius 1 is 0.698 bits per heavy atom. The number of aromatic nitrogens is 1. The van der Waals surface area contributed by atoms with E-state index in [-0.39, 0.29) is 36.4 Å². The van der Waals surface area contributed by atoms with Gasteiger partial charge in [-0.15, -0.1) is 0 Å². The number of ether oxygens (including phenoxy) is 2. The number of halogens is 3. The van der Waals surface area contributed by atoms with Crippen LogP contribution in [0, 0.1) is 0 Å². The zero-order valence-corrected chi connectivity index (χ0v) is 29.3. The van der Waals surface area contributed by atoms with E-state index < -0.39 is 47.3 Å². The summed E-state index contributed by atoms with van der Waals surface area (Å²) in [7, 11) is 1.42. The van der Waals surface area contributed by atoms with Crippen molar-refractivity contribution in [2.24, 2.45) is 0 Å². The second-order valence-corrected chi connectivity index (χ2v) is 12.1. The van der Waals surface area contributed by atoms with Crippen LogP contribution in [0.15, 0.2) is 109 Å². The molecule has 1 aromatic heterocycles. The number of hydrogen-bond donors (Lipinski definition) is 3. The lowest BCUT2D eigenvalue weighted by atomic mass is 9.79. The fourth-order valence-corrected chi connectivity index (χ4v) is 6.04. The lowest BCUT2D eigenvalue weighted by Gasteiger charge is -2.31. The van der Waals surface area contributed by atoms with Crippen LogP contribution < -0.4 is 15.4 Å². The van der Waals surface area contributed by atoms with Gasteiger partial charge in [-0.2, -0.15) is 13.2 Å². The second kappa shape index (κ2) is 16.4. The van der Waals surface area contributed by atoms with Gasteiger partial charge in [0, 0.05) is 30.4 Å². The molecule has 0 aliphatic carbocycles. The summed E-state index contributed by atoms with van der Waals surface area (Å²) >= 11 is 0. The van der Waals surface area contributed by atoms with Crippen molar-refractivity contribution >= 4 is 23.6 Å². The number of carbonyl (C=O) groups is 4. The van der Waals surface area contributed by atoms with Crippen LogP contribution in [0.3, 0.4) is 0 Å². The first-order valence-electron chi connectivity index (χ1n) is 16.9. The van der Waals surface area contributed by atoms with Gasteiger partial charge in [0.05, 0.1) is 30.4 Å². The zero-order valence-electron chi connectivity index (χ0n) is 29.3. The average molecular weight is 726 g/mol. The van der Waals surface area contributed by atoms with Gasteiger partial charge in [0.1, 0.15) is 6.61 Å². The van der Waals surface area contributed by atoms with Crippen molar-refractivity contribution in [1.29, 1.82) is 0 Å². The van der Waals surface area contributed by atoms with E-state index in [0.717, 1.165) is 12.1 Å². The lowest BCUT2D eigenvalue weighted by Crippen LogP contribution is -2.57. The van der Waals surface area contributed by atoms with Gasteiger partial charge in [-0.1, -0.05) is 91.0 Å². The van der Waals surface area contributed by atoms with E-state index in [2.05, 4.69) is 15.6 Å². The Morgan fingerprint density at radius 3 is 1.87 bits per heavy atom. The molecular weight excluding hydrogens is 687 g/mol. The Balaban J connectivity index is 1.34. The molecule has 274 valence electrons. The molecule has 0 aliphatic heterocycles. The molecule has 9 nitrogen and oxygen atoms in total. The summed E-state index contributed by atoms with van der Waals surface area (Å²) in [5.41, 5.74) is 0.930. The zero-order chi connectivity index (χ0) is 38.2. The third-order valence-corrected chi connectivity index (χ3v) is 8.73. The molecule has 4 aromatic carbocycles. The van der Waals surface area contributed by atoms with Crippen LogP contribution in [0.5, 0.6) is 5.75 Å². The summed E-state index contributed by atoms with van der Waals surface area (Å²) in [6.07, 6.45) is -3.13. The van der Waals surface area contributed by atoms with Crippen molar-refractivity contribution in [3.05, 3.63) is 137 Å². The van der Waals surface area contributed by atoms with E-state index in [4.69, 9.17) is 9.47 Å². The fraction of sp³-hybridized carbons (Fsp3) is 0.220. The minimum absolute atomic E-state index is 0.151. The molecule has 0 fully saturated rings. The maximum Gasteiger partial charge on any atom is 0.416 e. The van der Waals surface area contributed by atoms with Crippen LogP contribution >= 0.6 is 0 Å². The minimum atomic E-state index is -4.49. The Bertz CT molecular complexity index is 2060. The fourth-order valence-electron chi connectivity index (χ4n) is 6.04. The monoisotopic (exact) mass is 725 g/mol. The van der Waals surface area contributed by atoms with Gasteiger partial charge < -0.3 is 25.1 Å². The predicted octanol–water partition coefficient (Wildman–Crippen LogP) is 6.90.